The van der Waals surface area contributed by atoms with E-state index in [0.717, 1.165) is 5.56 Å². The molecule has 0 saturated carbocycles. The summed E-state index contributed by atoms with van der Waals surface area (Å²) in [4.78, 5) is 14.2. The molecule has 0 aromatic heterocycles. The Labute approximate surface area is 108 Å². The fourth-order valence-corrected chi connectivity index (χ4v) is 2.37. The first-order chi connectivity index (χ1) is 8.49. The van der Waals surface area contributed by atoms with Gasteiger partial charge in [0.15, 0.2) is 0 Å². The SMILES string of the molecule is CC(C(=O)N1CCC(C)(O)CC1)c1ccccc1. The van der Waals surface area contributed by atoms with Crippen LogP contribution in [0.15, 0.2) is 30.3 Å². The Kier molecular flexibility index (Phi) is 3.71. The molecule has 1 heterocycles. The number of likely N-dealkylation sites (tertiary alicyclic amines) is 1. The van der Waals surface area contributed by atoms with E-state index >= 15 is 0 Å². The molecule has 98 valence electrons. The van der Waals surface area contributed by atoms with Crippen molar-refractivity contribution in [2.75, 3.05) is 13.1 Å². The molecule has 1 amide bonds. The van der Waals surface area contributed by atoms with Crippen molar-refractivity contribution in [1.82, 2.24) is 4.90 Å². The van der Waals surface area contributed by atoms with Crippen molar-refractivity contribution in [3.63, 3.8) is 0 Å². The van der Waals surface area contributed by atoms with Crippen molar-refractivity contribution >= 4 is 5.91 Å². The van der Waals surface area contributed by atoms with Gasteiger partial charge >= 0.3 is 0 Å². The summed E-state index contributed by atoms with van der Waals surface area (Å²) in [6, 6.07) is 9.85. The minimum Gasteiger partial charge on any atom is -0.390 e. The van der Waals surface area contributed by atoms with E-state index in [-0.39, 0.29) is 11.8 Å². The molecule has 1 aliphatic rings. The number of hydrogen-bond donors (Lipinski definition) is 1. The highest BCUT2D eigenvalue weighted by Crippen LogP contribution is 2.24. The number of carbonyl (C=O) groups is 1. The third-order valence-electron chi connectivity index (χ3n) is 3.82. The van der Waals surface area contributed by atoms with Crippen molar-refractivity contribution in [2.24, 2.45) is 0 Å². The lowest BCUT2D eigenvalue weighted by Gasteiger charge is -2.37. The van der Waals surface area contributed by atoms with Crippen LogP contribution >= 0.6 is 0 Å². The van der Waals surface area contributed by atoms with Gasteiger partial charge in [0.05, 0.1) is 11.5 Å². The Morgan fingerprint density at radius 1 is 1.28 bits per heavy atom. The minimum absolute atomic E-state index is 0.103. The monoisotopic (exact) mass is 247 g/mol. The number of rotatable bonds is 2. The maximum atomic E-state index is 12.4. The maximum absolute atomic E-state index is 12.4. The second kappa shape index (κ2) is 5.11. The minimum atomic E-state index is -0.604. The first kappa shape index (κ1) is 13.1. The van der Waals surface area contributed by atoms with Crippen LogP contribution in [-0.2, 0) is 4.79 Å². The van der Waals surface area contributed by atoms with Gasteiger partial charge in [0.2, 0.25) is 5.91 Å². The van der Waals surface area contributed by atoms with Gasteiger partial charge in [-0.2, -0.15) is 0 Å². The first-order valence-electron chi connectivity index (χ1n) is 6.56. The van der Waals surface area contributed by atoms with Crippen LogP contribution in [0.3, 0.4) is 0 Å². The third-order valence-corrected chi connectivity index (χ3v) is 3.82. The normalized spacial score (nSPS) is 20.5. The van der Waals surface area contributed by atoms with Gasteiger partial charge in [-0.1, -0.05) is 30.3 Å². The summed E-state index contributed by atoms with van der Waals surface area (Å²) in [6.45, 7) is 5.10. The molecule has 1 N–H and O–H groups in total. The van der Waals surface area contributed by atoms with Gasteiger partial charge < -0.3 is 10.0 Å². The van der Waals surface area contributed by atoms with Crippen molar-refractivity contribution < 1.29 is 9.90 Å². The van der Waals surface area contributed by atoms with Gasteiger partial charge in [-0.05, 0) is 32.3 Å². The molecule has 1 atom stereocenters. The predicted octanol–water partition coefficient (Wildman–Crippen LogP) is 2.16. The summed E-state index contributed by atoms with van der Waals surface area (Å²) < 4.78 is 0. The summed E-state index contributed by atoms with van der Waals surface area (Å²) >= 11 is 0. The smallest absolute Gasteiger partial charge is 0.229 e. The molecule has 1 aromatic carbocycles. The van der Waals surface area contributed by atoms with Crippen molar-refractivity contribution in [2.45, 2.75) is 38.2 Å². The summed E-state index contributed by atoms with van der Waals surface area (Å²) in [5, 5.41) is 9.89. The molecule has 3 heteroatoms. The molecular formula is C15H21NO2. The topological polar surface area (TPSA) is 40.5 Å². The van der Waals surface area contributed by atoms with Crippen molar-refractivity contribution in [3.8, 4) is 0 Å². The molecule has 1 unspecified atom stereocenters. The molecule has 1 aliphatic heterocycles. The number of nitrogens with zero attached hydrogens (tertiary/aromatic N) is 1. The van der Waals surface area contributed by atoms with E-state index < -0.39 is 5.60 Å². The summed E-state index contributed by atoms with van der Waals surface area (Å²) in [5.74, 6) is 0.0611. The molecule has 18 heavy (non-hydrogen) atoms. The number of carbonyl (C=O) groups excluding carboxylic acids is 1. The lowest BCUT2D eigenvalue weighted by molar-refractivity contribution is -0.136. The van der Waals surface area contributed by atoms with Gasteiger partial charge in [-0.15, -0.1) is 0 Å². The molecule has 0 bridgehead atoms. The molecule has 2 rings (SSSR count). The average molecular weight is 247 g/mol. The summed E-state index contributed by atoms with van der Waals surface area (Å²) in [7, 11) is 0. The van der Waals surface area contributed by atoms with Crippen LogP contribution in [0.25, 0.3) is 0 Å². The zero-order valence-corrected chi connectivity index (χ0v) is 11.1. The highest BCUT2D eigenvalue weighted by Gasteiger charge is 2.31. The van der Waals surface area contributed by atoms with Crippen molar-refractivity contribution in [3.05, 3.63) is 35.9 Å². The molecule has 0 spiro atoms. The van der Waals surface area contributed by atoms with Gasteiger partial charge in [-0.3, -0.25) is 4.79 Å². The number of piperidine rings is 1. The van der Waals surface area contributed by atoms with Crippen LogP contribution < -0.4 is 0 Å². The number of hydrogen-bond acceptors (Lipinski definition) is 2. The number of benzene rings is 1. The van der Waals surface area contributed by atoms with Crippen LogP contribution in [0, 0.1) is 0 Å². The third kappa shape index (κ3) is 2.91. The average Bonchev–Trinajstić information content (AvgIpc) is 2.38. The summed E-state index contributed by atoms with van der Waals surface area (Å²) in [5.41, 5.74) is 0.451. The largest absolute Gasteiger partial charge is 0.390 e. The van der Waals surface area contributed by atoms with E-state index in [1.807, 2.05) is 49.1 Å². The lowest BCUT2D eigenvalue weighted by atomic mass is 9.92. The van der Waals surface area contributed by atoms with E-state index in [4.69, 9.17) is 0 Å². The van der Waals surface area contributed by atoms with Crippen LogP contribution in [0.1, 0.15) is 38.2 Å². The van der Waals surface area contributed by atoms with E-state index in [2.05, 4.69) is 0 Å². The van der Waals surface area contributed by atoms with Crippen LogP contribution in [0.2, 0.25) is 0 Å². The Morgan fingerprint density at radius 3 is 2.39 bits per heavy atom. The first-order valence-corrected chi connectivity index (χ1v) is 6.56. The van der Waals surface area contributed by atoms with Gasteiger partial charge in [0.1, 0.15) is 0 Å². The quantitative estimate of drug-likeness (QED) is 0.870. The highest BCUT2D eigenvalue weighted by atomic mass is 16.3. The Morgan fingerprint density at radius 2 is 1.83 bits per heavy atom. The zero-order chi connectivity index (χ0) is 13.2. The Bertz CT molecular complexity index is 404. The summed E-state index contributed by atoms with van der Waals surface area (Å²) in [6.07, 6.45) is 1.33. The standard InChI is InChI=1S/C15H21NO2/c1-12(13-6-4-3-5-7-13)14(17)16-10-8-15(2,18)9-11-16/h3-7,12,18H,8-11H2,1-2H3. The zero-order valence-electron chi connectivity index (χ0n) is 11.1. The number of aliphatic hydroxyl groups is 1. The van der Waals surface area contributed by atoms with Gasteiger partial charge in [0, 0.05) is 13.1 Å². The Hall–Kier alpha value is -1.35. The lowest BCUT2D eigenvalue weighted by Crippen LogP contribution is -2.46. The molecule has 0 radical (unpaired) electrons. The molecule has 1 saturated heterocycles. The second-order valence-electron chi connectivity index (χ2n) is 5.45. The molecule has 3 nitrogen and oxygen atoms in total. The number of amides is 1. The Balaban J connectivity index is 2.00. The van der Waals surface area contributed by atoms with Crippen LogP contribution in [0.4, 0.5) is 0 Å². The van der Waals surface area contributed by atoms with E-state index in [1.165, 1.54) is 0 Å². The fourth-order valence-electron chi connectivity index (χ4n) is 2.37. The maximum Gasteiger partial charge on any atom is 0.229 e. The molecule has 0 aliphatic carbocycles. The van der Waals surface area contributed by atoms with Crippen LogP contribution in [0.5, 0.6) is 0 Å². The fraction of sp³-hybridized carbons (Fsp3) is 0.533. The molecule has 1 fully saturated rings. The van der Waals surface area contributed by atoms with Crippen LogP contribution in [-0.4, -0.2) is 34.6 Å². The van der Waals surface area contributed by atoms with E-state index in [1.54, 1.807) is 0 Å². The second-order valence-corrected chi connectivity index (χ2v) is 5.45. The van der Waals surface area contributed by atoms with E-state index in [9.17, 15) is 9.90 Å². The molecule has 1 aromatic rings. The van der Waals surface area contributed by atoms with Gasteiger partial charge in [0.25, 0.3) is 0 Å². The molecular weight excluding hydrogens is 226 g/mol. The van der Waals surface area contributed by atoms with E-state index in [0.29, 0.717) is 25.9 Å². The van der Waals surface area contributed by atoms with Gasteiger partial charge in [-0.25, -0.2) is 0 Å². The highest BCUT2D eigenvalue weighted by molar-refractivity contribution is 5.83. The van der Waals surface area contributed by atoms with Crippen molar-refractivity contribution in [1.29, 1.82) is 0 Å². The predicted molar refractivity (Wildman–Crippen MR) is 71.3 cm³/mol.